The largest absolute Gasteiger partial charge is 0.293 e. The van der Waals surface area contributed by atoms with Gasteiger partial charge in [-0.3, -0.25) is 4.79 Å². The lowest BCUT2D eigenvalue weighted by Gasteiger charge is -2.22. The minimum Gasteiger partial charge on any atom is -0.293 e. The van der Waals surface area contributed by atoms with Crippen molar-refractivity contribution >= 4 is 15.8 Å². The van der Waals surface area contributed by atoms with Crippen LogP contribution in [-0.2, 0) is 10.0 Å². The van der Waals surface area contributed by atoms with Gasteiger partial charge in [-0.2, -0.15) is 0 Å². The second-order valence-corrected chi connectivity index (χ2v) is 9.00. The molecule has 0 saturated heterocycles. The second-order valence-electron chi connectivity index (χ2n) is 7.35. The minimum atomic E-state index is -3.79. The number of ketones is 1. The number of aryl methyl sites for hydroxylation is 1. The van der Waals surface area contributed by atoms with E-state index in [9.17, 15) is 13.2 Å². The Bertz CT molecular complexity index is 863. The Balaban J connectivity index is 2.43. The van der Waals surface area contributed by atoms with Gasteiger partial charge >= 0.3 is 0 Å². The third-order valence-corrected chi connectivity index (χ3v) is 5.67. The van der Waals surface area contributed by atoms with Crippen LogP contribution in [-0.4, -0.2) is 19.7 Å². The first-order chi connectivity index (χ1) is 11.5. The van der Waals surface area contributed by atoms with Gasteiger partial charge in [-0.25, -0.2) is 13.1 Å². The average molecular weight is 359 g/mol. The molecular formula is C20H25NO3S. The van der Waals surface area contributed by atoms with Gasteiger partial charge in [0.25, 0.3) is 0 Å². The van der Waals surface area contributed by atoms with Gasteiger partial charge in [-0.1, -0.05) is 55.0 Å². The Hall–Kier alpha value is -1.98. The maximum atomic E-state index is 13.0. The predicted molar refractivity (Wildman–Crippen MR) is 100 cm³/mol. The monoisotopic (exact) mass is 359 g/mol. The Morgan fingerprint density at radius 3 is 2.12 bits per heavy atom. The number of sulfonamides is 1. The highest BCUT2D eigenvalue weighted by atomic mass is 32.2. The van der Waals surface area contributed by atoms with E-state index in [1.54, 1.807) is 45.9 Å². The number of carbonyl (C=O) groups is 1. The highest BCUT2D eigenvalue weighted by Gasteiger charge is 2.28. The van der Waals surface area contributed by atoms with Crippen LogP contribution in [0.2, 0.25) is 0 Å². The first kappa shape index (κ1) is 19.3. The lowest BCUT2D eigenvalue weighted by molar-refractivity contribution is 0.0962. The van der Waals surface area contributed by atoms with E-state index in [0.29, 0.717) is 0 Å². The van der Waals surface area contributed by atoms with Crippen LogP contribution in [0.25, 0.3) is 0 Å². The van der Waals surface area contributed by atoms with Crippen LogP contribution in [0.15, 0.2) is 53.4 Å². The number of Topliss-reactive ketones (excluding diaryl/α,β-unsaturated/α-hetero) is 1. The fourth-order valence-corrected chi connectivity index (χ4v) is 4.23. The summed E-state index contributed by atoms with van der Waals surface area (Å²) < 4.78 is 28.0. The van der Waals surface area contributed by atoms with Crippen molar-refractivity contribution in [3.8, 4) is 0 Å². The van der Waals surface area contributed by atoms with Gasteiger partial charge in [0.05, 0.1) is 4.90 Å². The highest BCUT2D eigenvalue weighted by Crippen LogP contribution is 2.25. The van der Waals surface area contributed by atoms with Crippen molar-refractivity contribution in [2.24, 2.45) is 0 Å². The normalized spacial score (nSPS) is 13.5. The lowest BCUT2D eigenvalue weighted by Crippen LogP contribution is -2.41. The molecule has 0 aliphatic heterocycles. The molecule has 0 radical (unpaired) electrons. The summed E-state index contributed by atoms with van der Waals surface area (Å²) >= 11 is 0. The van der Waals surface area contributed by atoms with Crippen molar-refractivity contribution < 1.29 is 13.2 Å². The molecule has 0 aliphatic carbocycles. The summed E-state index contributed by atoms with van der Waals surface area (Å²) in [6, 6.07) is 14.1. The molecule has 25 heavy (non-hydrogen) atoms. The van der Waals surface area contributed by atoms with Gasteiger partial charge in [0.1, 0.15) is 0 Å². The quantitative estimate of drug-likeness (QED) is 0.819. The van der Waals surface area contributed by atoms with E-state index >= 15 is 0 Å². The predicted octanol–water partition coefficient (Wildman–Crippen LogP) is 4.06. The van der Waals surface area contributed by atoms with Crippen molar-refractivity contribution in [3.63, 3.8) is 0 Å². The second kappa shape index (κ2) is 7.10. The minimum absolute atomic E-state index is 0.0221. The van der Waals surface area contributed by atoms with Gasteiger partial charge in [-0.05, 0) is 39.3 Å². The molecule has 2 aromatic carbocycles. The van der Waals surface area contributed by atoms with Gasteiger partial charge in [0.2, 0.25) is 10.0 Å². The Labute approximate surface area is 150 Å². The van der Waals surface area contributed by atoms with Crippen molar-refractivity contribution in [2.75, 3.05) is 0 Å². The molecule has 134 valence electrons. The number of hydrogen-bond donors (Lipinski definition) is 1. The smallest absolute Gasteiger partial charge is 0.241 e. The summed E-state index contributed by atoms with van der Waals surface area (Å²) in [6.07, 6.45) is 0. The third-order valence-electron chi connectivity index (χ3n) is 3.85. The van der Waals surface area contributed by atoms with Crippen LogP contribution in [0.5, 0.6) is 0 Å². The SMILES string of the molecule is Cc1ccc(C(C)C(=O)c2ccccc2S(=O)(=O)NC(C)(C)C)cc1. The molecule has 4 nitrogen and oxygen atoms in total. The van der Waals surface area contributed by atoms with E-state index in [2.05, 4.69) is 4.72 Å². The molecular weight excluding hydrogens is 334 g/mol. The van der Waals surface area contributed by atoms with E-state index in [-0.39, 0.29) is 16.2 Å². The topological polar surface area (TPSA) is 63.2 Å². The van der Waals surface area contributed by atoms with E-state index in [0.717, 1.165) is 11.1 Å². The summed E-state index contributed by atoms with van der Waals surface area (Å²) in [5.74, 6) is -0.634. The zero-order valence-corrected chi connectivity index (χ0v) is 16.1. The van der Waals surface area contributed by atoms with Crippen LogP contribution < -0.4 is 4.72 Å². The molecule has 0 spiro atoms. The number of nitrogens with one attached hydrogen (secondary N) is 1. The van der Waals surface area contributed by atoms with E-state index in [1.165, 1.54) is 6.07 Å². The molecule has 0 bridgehead atoms. The zero-order valence-electron chi connectivity index (χ0n) is 15.3. The van der Waals surface area contributed by atoms with Crippen LogP contribution in [0.1, 0.15) is 55.1 Å². The van der Waals surface area contributed by atoms with Crippen LogP contribution in [0.4, 0.5) is 0 Å². The summed E-state index contributed by atoms with van der Waals surface area (Å²) in [5.41, 5.74) is 1.57. The third kappa shape index (κ3) is 4.77. The maximum absolute atomic E-state index is 13.0. The first-order valence-electron chi connectivity index (χ1n) is 8.25. The maximum Gasteiger partial charge on any atom is 0.241 e. The Morgan fingerprint density at radius 2 is 1.56 bits per heavy atom. The van der Waals surface area contributed by atoms with Gasteiger partial charge in [0, 0.05) is 17.0 Å². The summed E-state index contributed by atoms with van der Waals surface area (Å²) in [7, 11) is -3.79. The molecule has 2 aromatic rings. The molecule has 2 rings (SSSR count). The fourth-order valence-electron chi connectivity index (χ4n) is 2.60. The molecule has 1 N–H and O–H groups in total. The number of benzene rings is 2. The van der Waals surface area contributed by atoms with Gasteiger partial charge in [0.15, 0.2) is 5.78 Å². The lowest BCUT2D eigenvalue weighted by atomic mass is 9.92. The van der Waals surface area contributed by atoms with E-state index < -0.39 is 21.5 Å². The number of rotatable bonds is 5. The molecule has 1 unspecified atom stereocenters. The molecule has 0 amide bonds. The Morgan fingerprint density at radius 1 is 1.00 bits per heavy atom. The molecule has 0 aliphatic rings. The van der Waals surface area contributed by atoms with Crippen molar-refractivity contribution in [3.05, 3.63) is 65.2 Å². The van der Waals surface area contributed by atoms with E-state index in [1.807, 2.05) is 31.2 Å². The average Bonchev–Trinajstić information content (AvgIpc) is 2.52. The molecule has 0 fully saturated rings. The van der Waals surface area contributed by atoms with Crippen molar-refractivity contribution in [1.82, 2.24) is 4.72 Å². The number of hydrogen-bond acceptors (Lipinski definition) is 3. The van der Waals surface area contributed by atoms with Crippen LogP contribution >= 0.6 is 0 Å². The fraction of sp³-hybridized carbons (Fsp3) is 0.350. The summed E-state index contributed by atoms with van der Waals surface area (Å²) in [4.78, 5) is 13.0. The standard InChI is InChI=1S/C20H25NO3S/c1-14-10-12-16(13-11-14)15(2)19(22)17-8-6-7-9-18(17)25(23,24)21-20(3,4)5/h6-13,15,21H,1-5H3. The zero-order chi connectivity index (χ0) is 18.8. The van der Waals surface area contributed by atoms with Gasteiger partial charge < -0.3 is 0 Å². The highest BCUT2D eigenvalue weighted by molar-refractivity contribution is 7.89. The molecule has 0 heterocycles. The molecule has 0 saturated carbocycles. The molecule has 5 heteroatoms. The molecule has 0 aromatic heterocycles. The Kier molecular flexibility index (Phi) is 5.49. The van der Waals surface area contributed by atoms with Crippen LogP contribution in [0.3, 0.4) is 0 Å². The summed E-state index contributed by atoms with van der Waals surface area (Å²) in [5, 5.41) is 0. The number of carbonyl (C=O) groups excluding carboxylic acids is 1. The first-order valence-corrected chi connectivity index (χ1v) is 9.73. The summed E-state index contributed by atoms with van der Waals surface area (Å²) in [6.45, 7) is 9.08. The van der Waals surface area contributed by atoms with Crippen LogP contribution in [0, 0.1) is 6.92 Å². The van der Waals surface area contributed by atoms with E-state index in [4.69, 9.17) is 0 Å². The van der Waals surface area contributed by atoms with Crippen molar-refractivity contribution in [1.29, 1.82) is 0 Å². The van der Waals surface area contributed by atoms with Gasteiger partial charge in [-0.15, -0.1) is 0 Å². The molecule has 1 atom stereocenters. The van der Waals surface area contributed by atoms with Crippen molar-refractivity contribution in [2.45, 2.75) is 51.0 Å².